The zero-order valence-electron chi connectivity index (χ0n) is 10.4. The van der Waals surface area contributed by atoms with Gasteiger partial charge < -0.3 is 15.5 Å². The van der Waals surface area contributed by atoms with Gasteiger partial charge in [0.15, 0.2) is 0 Å². The molecule has 0 aliphatic carbocycles. The van der Waals surface area contributed by atoms with Crippen LogP contribution in [0.5, 0.6) is 11.5 Å². The van der Waals surface area contributed by atoms with E-state index in [4.69, 9.17) is 0 Å². The third-order valence-corrected chi connectivity index (χ3v) is 3.42. The zero-order chi connectivity index (χ0) is 12.7. The second-order valence-electron chi connectivity index (χ2n) is 4.09. The molecule has 0 aliphatic rings. The molecule has 1 unspecified atom stereocenters. The molecule has 0 amide bonds. The predicted molar refractivity (Wildman–Crippen MR) is 73.8 cm³/mol. The van der Waals surface area contributed by atoms with E-state index < -0.39 is 0 Å². The Morgan fingerprint density at radius 1 is 1.24 bits per heavy atom. The Morgan fingerprint density at radius 2 is 1.88 bits per heavy atom. The fourth-order valence-corrected chi connectivity index (χ4v) is 2.27. The Morgan fingerprint density at radius 3 is 2.47 bits per heavy atom. The first-order valence-electron chi connectivity index (χ1n) is 5.90. The SMILES string of the molecule is CSCCCCNC(C)c1c(O)cccc1O. The number of nitrogens with one attached hydrogen (secondary N) is 1. The van der Waals surface area contributed by atoms with Gasteiger partial charge in [0, 0.05) is 6.04 Å². The van der Waals surface area contributed by atoms with Crippen molar-refractivity contribution >= 4 is 11.8 Å². The molecule has 96 valence electrons. The van der Waals surface area contributed by atoms with Gasteiger partial charge in [0.25, 0.3) is 0 Å². The lowest BCUT2D eigenvalue weighted by atomic mass is 10.1. The molecule has 0 saturated carbocycles. The van der Waals surface area contributed by atoms with Crippen molar-refractivity contribution in [3.8, 4) is 11.5 Å². The topological polar surface area (TPSA) is 52.5 Å². The van der Waals surface area contributed by atoms with Crippen LogP contribution in [0.3, 0.4) is 0 Å². The highest BCUT2D eigenvalue weighted by molar-refractivity contribution is 7.98. The maximum absolute atomic E-state index is 9.70. The maximum Gasteiger partial charge on any atom is 0.124 e. The molecule has 1 aromatic carbocycles. The largest absolute Gasteiger partial charge is 0.507 e. The van der Waals surface area contributed by atoms with Crippen molar-refractivity contribution in [2.75, 3.05) is 18.6 Å². The van der Waals surface area contributed by atoms with E-state index in [1.165, 1.54) is 12.2 Å². The predicted octanol–water partition coefficient (Wildman–Crippen LogP) is 2.89. The van der Waals surface area contributed by atoms with E-state index in [-0.39, 0.29) is 17.5 Å². The summed E-state index contributed by atoms with van der Waals surface area (Å²) < 4.78 is 0. The summed E-state index contributed by atoms with van der Waals surface area (Å²) in [6, 6.07) is 4.80. The molecule has 1 rings (SSSR count). The summed E-state index contributed by atoms with van der Waals surface area (Å²) in [6.45, 7) is 2.85. The van der Waals surface area contributed by atoms with Crippen molar-refractivity contribution in [2.45, 2.75) is 25.8 Å². The summed E-state index contributed by atoms with van der Waals surface area (Å²) in [5.74, 6) is 1.47. The van der Waals surface area contributed by atoms with E-state index in [2.05, 4.69) is 11.6 Å². The summed E-state index contributed by atoms with van der Waals surface area (Å²) in [5, 5.41) is 22.7. The van der Waals surface area contributed by atoms with Gasteiger partial charge in [0.05, 0.1) is 5.56 Å². The van der Waals surface area contributed by atoms with Crippen LogP contribution in [0.2, 0.25) is 0 Å². The van der Waals surface area contributed by atoms with E-state index >= 15 is 0 Å². The Balaban J connectivity index is 2.44. The second kappa shape index (κ2) is 7.45. The normalized spacial score (nSPS) is 12.6. The lowest BCUT2D eigenvalue weighted by Gasteiger charge is -2.16. The Labute approximate surface area is 107 Å². The molecule has 4 heteroatoms. The van der Waals surface area contributed by atoms with Crippen LogP contribution in [0, 0.1) is 0 Å². The Hall–Kier alpha value is -0.870. The van der Waals surface area contributed by atoms with Gasteiger partial charge >= 0.3 is 0 Å². The average molecular weight is 255 g/mol. The highest BCUT2D eigenvalue weighted by atomic mass is 32.2. The van der Waals surface area contributed by atoms with Crippen LogP contribution in [0.15, 0.2) is 18.2 Å². The van der Waals surface area contributed by atoms with Crippen LogP contribution in [-0.2, 0) is 0 Å². The maximum atomic E-state index is 9.70. The van der Waals surface area contributed by atoms with Gasteiger partial charge in [0.1, 0.15) is 11.5 Å². The van der Waals surface area contributed by atoms with Gasteiger partial charge in [-0.25, -0.2) is 0 Å². The fraction of sp³-hybridized carbons (Fsp3) is 0.538. The number of aromatic hydroxyl groups is 2. The molecule has 1 aromatic rings. The van der Waals surface area contributed by atoms with Gasteiger partial charge in [-0.1, -0.05) is 6.07 Å². The van der Waals surface area contributed by atoms with Crippen molar-refractivity contribution in [1.82, 2.24) is 5.32 Å². The lowest BCUT2D eigenvalue weighted by Crippen LogP contribution is -2.20. The molecule has 0 heterocycles. The quantitative estimate of drug-likeness (QED) is 0.656. The van der Waals surface area contributed by atoms with Crippen LogP contribution >= 0.6 is 11.8 Å². The molecule has 0 aromatic heterocycles. The highest BCUT2D eigenvalue weighted by Crippen LogP contribution is 2.31. The third kappa shape index (κ3) is 4.48. The number of hydrogen-bond acceptors (Lipinski definition) is 4. The molecule has 0 fully saturated rings. The number of thioether (sulfide) groups is 1. The first-order chi connectivity index (χ1) is 8.16. The molecule has 0 radical (unpaired) electrons. The van der Waals surface area contributed by atoms with E-state index in [9.17, 15) is 10.2 Å². The molecule has 3 N–H and O–H groups in total. The summed E-state index contributed by atoms with van der Waals surface area (Å²) in [4.78, 5) is 0. The number of rotatable bonds is 7. The van der Waals surface area contributed by atoms with Crippen molar-refractivity contribution in [3.05, 3.63) is 23.8 Å². The van der Waals surface area contributed by atoms with Crippen LogP contribution in [0.4, 0.5) is 0 Å². The van der Waals surface area contributed by atoms with Gasteiger partial charge in [-0.3, -0.25) is 0 Å². The molecule has 0 aliphatic heterocycles. The first-order valence-corrected chi connectivity index (χ1v) is 7.29. The van der Waals surface area contributed by atoms with Gasteiger partial charge in [0.2, 0.25) is 0 Å². The first kappa shape index (κ1) is 14.2. The van der Waals surface area contributed by atoms with Gasteiger partial charge in [-0.2, -0.15) is 11.8 Å². The molecule has 0 bridgehead atoms. The summed E-state index contributed by atoms with van der Waals surface area (Å²) in [6.07, 6.45) is 4.41. The standard InChI is InChI=1S/C13H21NO2S/c1-10(14-8-3-4-9-17-2)13-11(15)6-5-7-12(13)16/h5-7,10,14-16H,3-4,8-9H2,1-2H3. The van der Waals surface area contributed by atoms with Crippen molar-refractivity contribution in [2.24, 2.45) is 0 Å². The van der Waals surface area contributed by atoms with E-state index in [1.54, 1.807) is 18.2 Å². The number of hydrogen-bond donors (Lipinski definition) is 3. The minimum Gasteiger partial charge on any atom is -0.507 e. The van der Waals surface area contributed by atoms with Crippen molar-refractivity contribution in [1.29, 1.82) is 0 Å². The minimum atomic E-state index is -0.0366. The Bertz CT molecular complexity index is 324. The molecule has 3 nitrogen and oxygen atoms in total. The minimum absolute atomic E-state index is 0.0366. The number of unbranched alkanes of at least 4 members (excludes halogenated alkanes) is 1. The van der Waals surface area contributed by atoms with E-state index in [0.29, 0.717) is 5.56 Å². The van der Waals surface area contributed by atoms with Crippen molar-refractivity contribution < 1.29 is 10.2 Å². The summed E-state index contributed by atoms with van der Waals surface area (Å²) >= 11 is 1.85. The summed E-state index contributed by atoms with van der Waals surface area (Å²) in [7, 11) is 0. The molecule has 17 heavy (non-hydrogen) atoms. The van der Waals surface area contributed by atoms with Gasteiger partial charge in [-0.15, -0.1) is 0 Å². The molecular formula is C13H21NO2S. The fourth-order valence-electron chi connectivity index (χ4n) is 1.78. The Kier molecular flexibility index (Phi) is 6.22. The molecule has 0 saturated heterocycles. The molecule has 0 spiro atoms. The van der Waals surface area contributed by atoms with E-state index in [1.807, 2.05) is 18.7 Å². The number of benzene rings is 1. The van der Waals surface area contributed by atoms with Crippen LogP contribution < -0.4 is 5.32 Å². The zero-order valence-corrected chi connectivity index (χ0v) is 11.3. The number of phenolic OH excluding ortho intramolecular Hbond substituents is 2. The van der Waals surface area contributed by atoms with Crippen molar-refractivity contribution in [3.63, 3.8) is 0 Å². The number of phenols is 2. The molecule has 1 atom stereocenters. The van der Waals surface area contributed by atoms with Gasteiger partial charge in [-0.05, 0) is 50.5 Å². The van der Waals surface area contributed by atoms with Crippen LogP contribution in [-0.4, -0.2) is 28.8 Å². The molecular weight excluding hydrogens is 234 g/mol. The van der Waals surface area contributed by atoms with Crippen LogP contribution in [0.25, 0.3) is 0 Å². The lowest BCUT2D eigenvalue weighted by molar-refractivity contribution is 0.418. The summed E-state index contributed by atoms with van der Waals surface area (Å²) in [5.41, 5.74) is 0.581. The third-order valence-electron chi connectivity index (χ3n) is 2.72. The van der Waals surface area contributed by atoms with E-state index in [0.717, 1.165) is 13.0 Å². The van der Waals surface area contributed by atoms with Crippen LogP contribution in [0.1, 0.15) is 31.4 Å². The highest BCUT2D eigenvalue weighted by Gasteiger charge is 2.13. The second-order valence-corrected chi connectivity index (χ2v) is 5.07. The monoisotopic (exact) mass is 255 g/mol. The smallest absolute Gasteiger partial charge is 0.124 e. The average Bonchev–Trinajstić information content (AvgIpc) is 2.28.